The fraction of sp³-hybridized carbons (Fsp3) is 0.435. The van der Waals surface area contributed by atoms with Gasteiger partial charge < -0.3 is 15.0 Å². The van der Waals surface area contributed by atoms with Crippen LogP contribution in [0.3, 0.4) is 0 Å². The molecule has 4 rings (SSSR count). The van der Waals surface area contributed by atoms with Crippen molar-refractivity contribution in [3.05, 3.63) is 44.5 Å². The van der Waals surface area contributed by atoms with Crippen molar-refractivity contribution >= 4 is 45.8 Å². The van der Waals surface area contributed by atoms with Gasteiger partial charge in [-0.1, -0.05) is 6.07 Å². The monoisotopic (exact) mass is 455 g/mol. The Bertz CT molecular complexity index is 1020. The summed E-state index contributed by atoms with van der Waals surface area (Å²) in [5.74, 6) is -0.00413. The van der Waals surface area contributed by atoms with Crippen LogP contribution in [0.25, 0.3) is 6.08 Å². The molecule has 8 heteroatoms. The number of fused-ring (bicyclic) bond motifs is 1. The molecule has 2 aromatic heterocycles. The Morgan fingerprint density at radius 3 is 3.00 bits per heavy atom. The van der Waals surface area contributed by atoms with Crippen LogP contribution in [0.5, 0.6) is 0 Å². The van der Waals surface area contributed by atoms with Gasteiger partial charge in [0.05, 0.1) is 12.2 Å². The first-order chi connectivity index (χ1) is 15.0. The number of hydrogen-bond acceptors (Lipinski definition) is 6. The third-order valence-corrected chi connectivity index (χ3v) is 7.90. The van der Waals surface area contributed by atoms with Crippen LogP contribution in [-0.2, 0) is 22.4 Å². The Hall–Kier alpha value is -2.63. The third-order valence-electron chi connectivity index (χ3n) is 5.89. The number of hydrogen-bond donors (Lipinski definition) is 1. The Morgan fingerprint density at radius 1 is 1.42 bits per heavy atom. The SMILES string of the molecule is CC1CCCN1C(=O)OCC1CCc2c(sc(NC(=O)/C=C/c3cccs3)c2C#N)C1. The fourth-order valence-corrected chi connectivity index (χ4v) is 6.11. The molecule has 162 valence electrons. The van der Waals surface area contributed by atoms with E-state index in [4.69, 9.17) is 4.74 Å². The Labute approximate surface area is 190 Å². The molecule has 1 fully saturated rings. The lowest BCUT2D eigenvalue weighted by atomic mass is 9.88. The van der Waals surface area contributed by atoms with Crippen LogP contribution < -0.4 is 5.32 Å². The van der Waals surface area contributed by atoms with Gasteiger partial charge in [0.15, 0.2) is 0 Å². The number of nitrogens with zero attached hydrogens (tertiary/aromatic N) is 2. The molecule has 0 saturated carbocycles. The number of nitrogens with one attached hydrogen (secondary N) is 1. The zero-order chi connectivity index (χ0) is 21.8. The van der Waals surface area contributed by atoms with Crippen LogP contribution >= 0.6 is 22.7 Å². The second-order valence-corrected chi connectivity index (χ2v) is 10.1. The number of anilines is 1. The van der Waals surface area contributed by atoms with E-state index in [0.717, 1.165) is 54.0 Å². The van der Waals surface area contributed by atoms with E-state index in [-0.39, 0.29) is 24.0 Å². The summed E-state index contributed by atoms with van der Waals surface area (Å²) >= 11 is 3.03. The highest BCUT2D eigenvalue weighted by Crippen LogP contribution is 2.39. The predicted molar refractivity (Wildman–Crippen MR) is 123 cm³/mol. The van der Waals surface area contributed by atoms with Gasteiger partial charge in [0.1, 0.15) is 11.1 Å². The van der Waals surface area contributed by atoms with Crippen LogP contribution in [0.15, 0.2) is 23.6 Å². The maximum atomic E-state index is 12.3. The molecule has 6 nitrogen and oxygen atoms in total. The molecule has 0 aromatic carbocycles. The van der Waals surface area contributed by atoms with Crippen LogP contribution in [0, 0.1) is 17.2 Å². The molecule has 0 radical (unpaired) electrons. The maximum Gasteiger partial charge on any atom is 0.410 e. The quantitative estimate of drug-likeness (QED) is 0.639. The summed E-state index contributed by atoms with van der Waals surface area (Å²) in [6.07, 6.45) is 7.50. The van der Waals surface area contributed by atoms with Gasteiger partial charge in [-0.2, -0.15) is 5.26 Å². The molecule has 1 aliphatic carbocycles. The zero-order valence-electron chi connectivity index (χ0n) is 17.4. The maximum absolute atomic E-state index is 12.3. The van der Waals surface area contributed by atoms with Crippen molar-refractivity contribution in [2.24, 2.45) is 5.92 Å². The van der Waals surface area contributed by atoms with Crippen molar-refractivity contribution in [3.8, 4) is 6.07 Å². The van der Waals surface area contributed by atoms with Gasteiger partial charge in [-0.25, -0.2) is 4.79 Å². The van der Waals surface area contributed by atoms with Crippen LogP contribution in [0.1, 0.15) is 47.1 Å². The smallest absolute Gasteiger partial charge is 0.410 e. The second-order valence-electron chi connectivity index (χ2n) is 8.03. The highest BCUT2D eigenvalue weighted by Gasteiger charge is 2.29. The topological polar surface area (TPSA) is 82.4 Å². The molecular weight excluding hydrogens is 430 g/mol. The summed E-state index contributed by atoms with van der Waals surface area (Å²) in [5.41, 5.74) is 1.60. The molecular formula is C23H25N3O3S2. The minimum absolute atomic E-state index is 0.217. The molecule has 3 heterocycles. The summed E-state index contributed by atoms with van der Waals surface area (Å²) < 4.78 is 5.59. The van der Waals surface area contributed by atoms with E-state index >= 15 is 0 Å². The first kappa shape index (κ1) is 21.6. The summed E-state index contributed by atoms with van der Waals surface area (Å²) in [4.78, 5) is 28.6. The minimum atomic E-state index is -0.242. The number of ether oxygens (including phenoxy) is 1. The van der Waals surface area contributed by atoms with Gasteiger partial charge in [-0.05, 0) is 68.0 Å². The lowest BCUT2D eigenvalue weighted by molar-refractivity contribution is -0.111. The van der Waals surface area contributed by atoms with Gasteiger partial charge in [-0.15, -0.1) is 22.7 Å². The average molecular weight is 456 g/mol. The molecule has 1 N–H and O–H groups in total. The number of thiophene rings is 2. The van der Waals surface area contributed by atoms with E-state index in [1.165, 1.54) is 17.4 Å². The number of carbonyl (C=O) groups is 2. The first-order valence-corrected chi connectivity index (χ1v) is 12.3. The van der Waals surface area contributed by atoms with E-state index in [1.807, 2.05) is 22.4 Å². The first-order valence-electron chi connectivity index (χ1n) is 10.6. The van der Waals surface area contributed by atoms with Gasteiger partial charge in [0, 0.05) is 28.4 Å². The van der Waals surface area contributed by atoms with Gasteiger partial charge >= 0.3 is 6.09 Å². The summed E-state index contributed by atoms with van der Waals surface area (Å²) in [5, 5.41) is 15.1. The number of amides is 2. The van der Waals surface area contributed by atoms with E-state index in [9.17, 15) is 14.9 Å². The molecule has 1 aliphatic heterocycles. The van der Waals surface area contributed by atoms with Gasteiger partial charge in [-0.3, -0.25) is 4.79 Å². The number of rotatable bonds is 5. The van der Waals surface area contributed by atoms with Crippen molar-refractivity contribution in [2.75, 3.05) is 18.5 Å². The predicted octanol–water partition coefficient (Wildman–Crippen LogP) is 5.06. The Morgan fingerprint density at radius 2 is 2.29 bits per heavy atom. The largest absolute Gasteiger partial charge is 0.449 e. The summed E-state index contributed by atoms with van der Waals surface area (Å²) in [6, 6.07) is 6.39. The molecule has 31 heavy (non-hydrogen) atoms. The number of carbonyl (C=O) groups excluding carboxylic acids is 2. The molecule has 2 aliphatic rings. The zero-order valence-corrected chi connectivity index (χ0v) is 19.1. The van der Waals surface area contributed by atoms with Crippen molar-refractivity contribution in [1.82, 2.24) is 4.90 Å². The Kier molecular flexibility index (Phi) is 6.73. The molecule has 2 amide bonds. The van der Waals surface area contributed by atoms with Crippen LogP contribution in [0.2, 0.25) is 0 Å². The highest BCUT2D eigenvalue weighted by molar-refractivity contribution is 7.16. The molecule has 2 aromatic rings. The van der Waals surface area contributed by atoms with E-state index < -0.39 is 0 Å². The van der Waals surface area contributed by atoms with E-state index in [0.29, 0.717) is 17.2 Å². The lowest BCUT2D eigenvalue weighted by Gasteiger charge is -2.25. The number of likely N-dealkylation sites (tertiary alicyclic amines) is 1. The van der Waals surface area contributed by atoms with Crippen molar-refractivity contribution in [1.29, 1.82) is 5.26 Å². The molecule has 0 spiro atoms. The van der Waals surface area contributed by atoms with Crippen molar-refractivity contribution in [2.45, 2.75) is 45.1 Å². The summed E-state index contributed by atoms with van der Waals surface area (Å²) in [7, 11) is 0. The standard InChI is InChI=1S/C23H25N3O3S2/c1-15-4-2-10-26(15)23(28)29-14-16-6-8-18-19(13-24)22(31-20(18)12-16)25-21(27)9-7-17-5-3-11-30-17/h3,5,7,9,11,15-16H,2,4,6,8,10,12,14H2,1H3,(H,25,27)/b9-7+. The van der Waals surface area contributed by atoms with Gasteiger partial charge in [0.25, 0.3) is 0 Å². The van der Waals surface area contributed by atoms with Crippen LogP contribution in [0.4, 0.5) is 9.80 Å². The highest BCUT2D eigenvalue weighted by atomic mass is 32.1. The van der Waals surface area contributed by atoms with Crippen molar-refractivity contribution in [3.63, 3.8) is 0 Å². The van der Waals surface area contributed by atoms with Crippen LogP contribution in [-0.4, -0.2) is 36.1 Å². The second kappa shape index (κ2) is 9.67. The normalized spacial score (nSPS) is 20.5. The fourth-order valence-electron chi connectivity index (χ4n) is 4.18. The van der Waals surface area contributed by atoms with E-state index in [2.05, 4.69) is 18.3 Å². The average Bonchev–Trinajstić information content (AvgIpc) is 3.50. The third kappa shape index (κ3) is 5.00. The molecule has 0 bridgehead atoms. The molecule has 2 unspecified atom stereocenters. The molecule has 2 atom stereocenters. The Balaban J connectivity index is 1.37. The van der Waals surface area contributed by atoms with E-state index in [1.54, 1.807) is 17.4 Å². The van der Waals surface area contributed by atoms with Crippen molar-refractivity contribution < 1.29 is 14.3 Å². The summed E-state index contributed by atoms with van der Waals surface area (Å²) in [6.45, 7) is 3.23. The lowest BCUT2D eigenvalue weighted by Crippen LogP contribution is -2.35. The van der Waals surface area contributed by atoms with Gasteiger partial charge in [0.2, 0.25) is 5.91 Å². The molecule has 1 saturated heterocycles. The number of nitriles is 1. The minimum Gasteiger partial charge on any atom is -0.449 e.